The zero-order chi connectivity index (χ0) is 77.6. The molecule has 0 radical (unpaired) electrons. The Morgan fingerprint density at radius 1 is 0.370 bits per heavy atom. The summed E-state index contributed by atoms with van der Waals surface area (Å²) < 4.78 is 11.7. The quantitative estimate of drug-likeness (QED) is 0.0308. The number of aryl methyl sites for hydroxylation is 5. The van der Waals surface area contributed by atoms with Crippen LogP contribution in [0, 0.1) is 34.6 Å². The van der Waals surface area contributed by atoms with Crippen molar-refractivity contribution in [2.75, 3.05) is 46.5 Å². The lowest BCUT2D eigenvalue weighted by atomic mass is 9.98. The van der Waals surface area contributed by atoms with Crippen LogP contribution in [0.2, 0.25) is 5.15 Å². The van der Waals surface area contributed by atoms with Gasteiger partial charge in [0.15, 0.2) is 0 Å². The number of aromatic nitrogens is 5. The van der Waals surface area contributed by atoms with E-state index in [4.69, 9.17) is 26.8 Å². The average molecular weight is 1530 g/mol. The number of anilines is 6. The van der Waals surface area contributed by atoms with Crippen molar-refractivity contribution < 1.29 is 28.7 Å². The van der Waals surface area contributed by atoms with Crippen LogP contribution in [-0.4, -0.2) is 68.8 Å². The van der Waals surface area contributed by atoms with Crippen LogP contribution in [0.15, 0.2) is 248 Å². The molecule has 17 nitrogen and oxygen atoms in total. The van der Waals surface area contributed by atoms with E-state index in [9.17, 15) is 19.2 Å². The molecule has 0 spiro atoms. The first kappa shape index (κ1) is 80.2. The molecule has 4 amide bonds. The minimum absolute atomic E-state index is 0.0185. The molecule has 552 valence electrons. The summed E-state index contributed by atoms with van der Waals surface area (Å²) in [4.78, 5) is 71.3. The van der Waals surface area contributed by atoms with Crippen LogP contribution in [0.3, 0.4) is 0 Å². The predicted molar refractivity (Wildman–Crippen MR) is 443 cm³/mol. The number of halogens is 2. The van der Waals surface area contributed by atoms with Crippen molar-refractivity contribution >= 4 is 85.3 Å². The number of rotatable bonds is 20. The highest BCUT2D eigenvalue weighted by Crippen LogP contribution is 2.34. The fraction of sp³-hybridized carbons (Fsp3) is 0.202. The zero-order valence-corrected chi connectivity index (χ0v) is 65.3. The topological polar surface area (TPSA) is 237 Å². The summed E-state index contributed by atoms with van der Waals surface area (Å²) in [5.41, 5.74) is 27.8. The van der Waals surface area contributed by atoms with Gasteiger partial charge in [-0.25, -0.2) is 4.98 Å². The van der Waals surface area contributed by atoms with Gasteiger partial charge < -0.3 is 41.8 Å². The van der Waals surface area contributed by atoms with Gasteiger partial charge in [0, 0.05) is 87.0 Å². The molecule has 5 aromatic heterocycles. The van der Waals surface area contributed by atoms with E-state index in [1.165, 1.54) is 0 Å². The molecule has 7 N–H and O–H groups in total. The standard InChI is InChI=1S/C25H29N3O2.C22H21BrN2O.C22H23N3O2.C20H18ClN3O/c1-16(2)27-23-11-8-20(15-24(23)30-5)18(4)25(29)28-22-9-6-19(7-10-22)21-12-13-26-17(3)14-21;1-14-10-19(13-20(23)11-14)16(3)22(26)25-21-6-4-17(5-7-21)18-8-9-24-15(2)12-18;1-14-12-18(10-11-24-14)16-4-7-19(8-5-16)25-22(26)15(2)17-6-9-20(23)21(13-17)27-3;1-13-11-16(9-10-22-13)15-3-6-18(7-4-15)24-20(25)14(2)17-5-8-19(21)23-12-17/h6-16,18,27H,1-5H3,(H,28,29);4-13,16H,1-3H3,(H,25,26);4-13,15H,23H2,1-3H3,(H,25,26);3-12,14H,1-2H3,(H,24,25). The molecule has 0 fully saturated rings. The van der Waals surface area contributed by atoms with Gasteiger partial charge in [-0.3, -0.25) is 39.1 Å². The molecule has 4 atom stereocenters. The molecule has 12 rings (SSSR count). The first-order valence-corrected chi connectivity index (χ1v) is 36.6. The largest absolute Gasteiger partial charge is 0.495 e. The van der Waals surface area contributed by atoms with Crippen molar-refractivity contribution in [3.63, 3.8) is 0 Å². The van der Waals surface area contributed by atoms with Crippen LogP contribution in [0.1, 0.15) is 116 Å². The molecule has 0 saturated heterocycles. The number of hydrogen-bond acceptors (Lipinski definition) is 13. The van der Waals surface area contributed by atoms with E-state index in [1.807, 2.05) is 263 Å². The Hall–Kier alpha value is -11.9. The second-order valence-electron chi connectivity index (χ2n) is 26.6. The number of nitrogens with one attached hydrogen (secondary N) is 5. The monoisotopic (exact) mass is 1520 g/mol. The molecular weight excluding hydrogens is 1430 g/mol. The number of pyridine rings is 5. The van der Waals surface area contributed by atoms with Crippen LogP contribution < -0.4 is 41.8 Å². The number of nitrogens with zero attached hydrogens (tertiary/aromatic N) is 5. The first-order chi connectivity index (χ1) is 51.8. The van der Waals surface area contributed by atoms with Crippen molar-refractivity contribution in [3.8, 4) is 56.0 Å². The summed E-state index contributed by atoms with van der Waals surface area (Å²) in [5.74, 6) is -0.130. The zero-order valence-electron chi connectivity index (χ0n) is 63.0. The van der Waals surface area contributed by atoms with Crippen molar-refractivity contribution in [2.45, 2.75) is 106 Å². The molecule has 0 aliphatic heterocycles. The minimum Gasteiger partial charge on any atom is -0.495 e. The van der Waals surface area contributed by atoms with Crippen molar-refractivity contribution in [2.24, 2.45) is 0 Å². The Morgan fingerprint density at radius 2 is 0.704 bits per heavy atom. The first-order valence-electron chi connectivity index (χ1n) is 35.4. The summed E-state index contributed by atoms with van der Waals surface area (Å²) in [6, 6.07) is 68.5. The van der Waals surface area contributed by atoms with Crippen LogP contribution in [0.5, 0.6) is 11.5 Å². The van der Waals surface area contributed by atoms with E-state index in [0.717, 1.165) is 134 Å². The predicted octanol–water partition coefficient (Wildman–Crippen LogP) is 20.7. The molecule has 108 heavy (non-hydrogen) atoms. The number of carbonyl (C=O) groups excluding carboxylic acids is 4. The van der Waals surface area contributed by atoms with E-state index < -0.39 is 0 Å². The fourth-order valence-corrected chi connectivity index (χ4v) is 12.3. The third-order valence-electron chi connectivity index (χ3n) is 17.8. The maximum atomic E-state index is 12.8. The molecule has 5 heterocycles. The molecule has 0 aliphatic rings. The minimum atomic E-state index is -0.331. The van der Waals surface area contributed by atoms with Gasteiger partial charge in [-0.2, -0.15) is 0 Å². The normalized spacial score (nSPS) is 11.8. The van der Waals surface area contributed by atoms with E-state index in [2.05, 4.69) is 81.3 Å². The highest BCUT2D eigenvalue weighted by Gasteiger charge is 2.22. The van der Waals surface area contributed by atoms with Gasteiger partial charge in [-0.15, -0.1) is 0 Å². The number of nitrogen functional groups attached to an aromatic ring is 1. The van der Waals surface area contributed by atoms with Crippen LogP contribution in [0.4, 0.5) is 34.1 Å². The highest BCUT2D eigenvalue weighted by molar-refractivity contribution is 9.10. The van der Waals surface area contributed by atoms with Gasteiger partial charge in [-0.05, 0) is 288 Å². The Morgan fingerprint density at radius 3 is 1.03 bits per heavy atom. The summed E-state index contributed by atoms with van der Waals surface area (Å²) >= 11 is 9.28. The smallest absolute Gasteiger partial charge is 0.231 e. The number of methoxy groups -OCH3 is 2. The SMILES string of the molecule is COc1cc(C(C)C(=O)Nc2ccc(-c3ccnc(C)c3)cc2)ccc1N.COc1cc(C(C)C(=O)Nc2ccc(-c3ccnc(C)c3)cc2)ccc1NC(C)C.Cc1cc(-c2ccc(NC(=O)C(C)c3ccc(Cl)nc3)cc2)ccn1.Cc1cc(Br)cc(C(C)C(=O)Nc2ccc(-c3ccnc(C)c3)cc2)c1. The average Bonchev–Trinajstić information content (AvgIpc) is 0.895. The third-order valence-corrected chi connectivity index (χ3v) is 18.5. The fourth-order valence-electron chi connectivity index (χ4n) is 11.6. The Kier molecular flexibility index (Phi) is 28.5. The summed E-state index contributed by atoms with van der Waals surface area (Å²) in [6.07, 6.45) is 8.83. The maximum Gasteiger partial charge on any atom is 0.231 e. The van der Waals surface area contributed by atoms with Gasteiger partial charge in [0.2, 0.25) is 23.6 Å². The van der Waals surface area contributed by atoms with E-state index in [0.29, 0.717) is 22.6 Å². The van der Waals surface area contributed by atoms with Crippen LogP contribution in [0.25, 0.3) is 44.5 Å². The molecule has 19 heteroatoms. The number of nitrogens with two attached hydrogens (primary N) is 1. The lowest BCUT2D eigenvalue weighted by Crippen LogP contribution is -2.19. The number of benzene rings is 7. The summed E-state index contributed by atoms with van der Waals surface area (Å²) in [5, 5.41) is 15.7. The number of carbonyl (C=O) groups is 4. The third kappa shape index (κ3) is 23.1. The van der Waals surface area contributed by atoms with Gasteiger partial charge >= 0.3 is 0 Å². The molecule has 7 aromatic carbocycles. The van der Waals surface area contributed by atoms with E-state index in [1.54, 1.807) is 57.2 Å². The van der Waals surface area contributed by atoms with Gasteiger partial charge in [0.25, 0.3) is 0 Å². The lowest BCUT2D eigenvalue weighted by molar-refractivity contribution is -0.118. The Labute approximate surface area is 646 Å². The summed E-state index contributed by atoms with van der Waals surface area (Å²) in [6.45, 7) is 21.6. The second-order valence-corrected chi connectivity index (χ2v) is 27.9. The molecule has 0 aliphatic carbocycles. The van der Waals surface area contributed by atoms with E-state index >= 15 is 0 Å². The molecule has 4 unspecified atom stereocenters. The Balaban J connectivity index is 0.000000166. The molecule has 0 bridgehead atoms. The van der Waals surface area contributed by atoms with Crippen LogP contribution >= 0.6 is 27.5 Å². The van der Waals surface area contributed by atoms with Crippen molar-refractivity contribution in [3.05, 3.63) is 304 Å². The second kappa shape index (κ2) is 38.4. The van der Waals surface area contributed by atoms with E-state index in [-0.39, 0.29) is 47.3 Å². The molecule has 12 aromatic rings. The number of hydrogen-bond donors (Lipinski definition) is 6. The van der Waals surface area contributed by atoms with Gasteiger partial charge in [0.05, 0.1) is 49.3 Å². The van der Waals surface area contributed by atoms with Crippen molar-refractivity contribution in [1.82, 2.24) is 24.9 Å². The van der Waals surface area contributed by atoms with Gasteiger partial charge in [0.1, 0.15) is 16.7 Å². The lowest BCUT2D eigenvalue weighted by Gasteiger charge is -2.18. The van der Waals surface area contributed by atoms with Gasteiger partial charge in [-0.1, -0.05) is 100 Å². The Bertz CT molecular complexity index is 5020. The summed E-state index contributed by atoms with van der Waals surface area (Å²) in [7, 11) is 3.20. The number of ether oxygens (including phenoxy) is 2. The molecular formula is C89H91BrClN11O6. The van der Waals surface area contributed by atoms with Crippen molar-refractivity contribution in [1.29, 1.82) is 0 Å². The van der Waals surface area contributed by atoms with Crippen LogP contribution in [-0.2, 0) is 19.2 Å². The maximum absolute atomic E-state index is 12.8. The number of amides is 4. The molecule has 0 saturated carbocycles. The highest BCUT2D eigenvalue weighted by atomic mass is 79.9.